The third kappa shape index (κ3) is 2.63. The van der Waals surface area contributed by atoms with E-state index in [1.165, 1.54) is 6.33 Å². The largest absolute Gasteiger partial charge is 0.331 e. The van der Waals surface area contributed by atoms with Crippen molar-refractivity contribution in [1.29, 1.82) is 0 Å². The summed E-state index contributed by atoms with van der Waals surface area (Å²) in [4.78, 5) is 8.32. The van der Waals surface area contributed by atoms with Crippen LogP contribution in [0.15, 0.2) is 25.2 Å². The number of aromatic nitrogens is 3. The van der Waals surface area contributed by atoms with E-state index >= 15 is 0 Å². The molecule has 2 aromatic heterocycles. The minimum atomic E-state index is 0.502. The predicted molar refractivity (Wildman–Crippen MR) is 79.2 cm³/mol. The quantitative estimate of drug-likeness (QED) is 0.470. The van der Waals surface area contributed by atoms with Crippen LogP contribution in [0, 0.1) is 9.49 Å². The van der Waals surface area contributed by atoms with Crippen molar-refractivity contribution in [1.82, 2.24) is 14.5 Å². The Labute approximate surface area is 119 Å². The number of rotatable bonds is 4. The number of allylic oxidation sites excluding steroid dienone is 1. The van der Waals surface area contributed by atoms with Crippen LogP contribution in [-0.2, 0) is 6.54 Å². The van der Waals surface area contributed by atoms with Gasteiger partial charge in [-0.25, -0.2) is 9.97 Å². The minimum Gasteiger partial charge on any atom is -0.331 e. The molecule has 0 radical (unpaired) electrons. The van der Waals surface area contributed by atoms with E-state index in [-0.39, 0.29) is 0 Å². The molecule has 2 rings (SSSR count). The highest BCUT2D eigenvalue weighted by atomic mass is 127. The summed E-state index contributed by atoms with van der Waals surface area (Å²) in [5.41, 5.74) is 0.908. The maximum Gasteiger partial charge on any atom is 0.145 e. The van der Waals surface area contributed by atoms with E-state index in [2.05, 4.69) is 56.8 Å². The second kappa shape index (κ2) is 5.35. The van der Waals surface area contributed by atoms with Gasteiger partial charge in [0.1, 0.15) is 17.1 Å². The molecule has 17 heavy (non-hydrogen) atoms. The Balaban J connectivity index is 2.35. The molecule has 90 valence electrons. The Kier molecular flexibility index (Phi) is 4.04. The summed E-state index contributed by atoms with van der Waals surface area (Å²) in [7, 11) is 0. The first-order valence-corrected chi connectivity index (χ1v) is 6.86. The van der Waals surface area contributed by atoms with Gasteiger partial charge in [0.15, 0.2) is 0 Å². The molecule has 0 saturated carbocycles. The van der Waals surface area contributed by atoms with Gasteiger partial charge in [-0.05, 0) is 34.9 Å². The van der Waals surface area contributed by atoms with Crippen molar-refractivity contribution in [2.24, 2.45) is 5.92 Å². The molecule has 2 aromatic rings. The van der Waals surface area contributed by atoms with Crippen LogP contribution >= 0.6 is 34.2 Å². The molecular weight excluding hydrogens is 349 g/mol. The fourth-order valence-electron chi connectivity index (χ4n) is 1.67. The lowest BCUT2D eigenvalue weighted by atomic mass is 10.1. The fraction of sp³-hybridized carbons (Fsp3) is 0.333. The van der Waals surface area contributed by atoms with Gasteiger partial charge in [-0.3, -0.25) is 0 Å². The molecular formula is C12H13ClIN3. The Morgan fingerprint density at radius 2 is 2.35 bits per heavy atom. The minimum absolute atomic E-state index is 0.502. The highest BCUT2D eigenvalue weighted by Crippen LogP contribution is 2.27. The molecule has 3 nitrogen and oxygen atoms in total. The summed E-state index contributed by atoms with van der Waals surface area (Å²) >= 11 is 8.35. The molecule has 5 heteroatoms. The number of nitrogens with zero attached hydrogens (tertiary/aromatic N) is 3. The van der Waals surface area contributed by atoms with Gasteiger partial charge in [0.25, 0.3) is 0 Å². The zero-order chi connectivity index (χ0) is 12.4. The van der Waals surface area contributed by atoms with Gasteiger partial charge in [0, 0.05) is 16.3 Å². The van der Waals surface area contributed by atoms with Crippen molar-refractivity contribution in [3.63, 3.8) is 0 Å². The summed E-state index contributed by atoms with van der Waals surface area (Å²) in [6.45, 7) is 6.87. The highest BCUT2D eigenvalue weighted by molar-refractivity contribution is 14.1. The fourth-order valence-corrected chi connectivity index (χ4v) is 2.89. The lowest BCUT2D eigenvalue weighted by Gasteiger charge is -2.07. The summed E-state index contributed by atoms with van der Waals surface area (Å²) in [5, 5.41) is 1.47. The Morgan fingerprint density at radius 1 is 1.59 bits per heavy atom. The molecule has 0 aliphatic heterocycles. The molecule has 0 fully saturated rings. The zero-order valence-corrected chi connectivity index (χ0v) is 12.4. The van der Waals surface area contributed by atoms with Gasteiger partial charge in [-0.1, -0.05) is 24.6 Å². The van der Waals surface area contributed by atoms with Crippen LogP contribution in [0.2, 0.25) is 5.15 Å². The zero-order valence-electron chi connectivity index (χ0n) is 9.53. The molecule has 0 unspecified atom stereocenters. The van der Waals surface area contributed by atoms with Crippen molar-refractivity contribution >= 4 is 45.2 Å². The van der Waals surface area contributed by atoms with Crippen molar-refractivity contribution in [2.45, 2.75) is 19.9 Å². The molecule has 0 aliphatic rings. The number of fused-ring (bicyclic) bond motifs is 1. The molecule has 0 aromatic carbocycles. The normalized spacial score (nSPS) is 12.9. The first-order valence-electron chi connectivity index (χ1n) is 5.41. The monoisotopic (exact) mass is 361 g/mol. The van der Waals surface area contributed by atoms with E-state index in [1.807, 2.05) is 6.08 Å². The SMILES string of the molecule is C=C[C@H](C)CCn1cc(I)c2c(Cl)ncnc21. The molecule has 0 spiro atoms. The molecule has 1 atom stereocenters. The average molecular weight is 362 g/mol. The van der Waals surface area contributed by atoms with E-state index in [0.717, 1.165) is 27.6 Å². The van der Waals surface area contributed by atoms with Gasteiger partial charge in [-0.2, -0.15) is 0 Å². The highest BCUT2D eigenvalue weighted by Gasteiger charge is 2.12. The van der Waals surface area contributed by atoms with Crippen molar-refractivity contribution in [2.75, 3.05) is 0 Å². The maximum absolute atomic E-state index is 6.08. The molecule has 0 amide bonds. The van der Waals surface area contributed by atoms with E-state index < -0.39 is 0 Å². The first kappa shape index (κ1) is 12.8. The van der Waals surface area contributed by atoms with Gasteiger partial charge in [-0.15, -0.1) is 6.58 Å². The summed E-state index contributed by atoms with van der Waals surface area (Å²) in [5.74, 6) is 0.502. The Hall–Kier alpha value is -0.620. The number of hydrogen-bond donors (Lipinski definition) is 0. The third-order valence-corrected chi connectivity index (χ3v) is 3.89. The first-order chi connectivity index (χ1) is 8.13. The molecule has 0 bridgehead atoms. The lowest BCUT2D eigenvalue weighted by molar-refractivity contribution is 0.564. The van der Waals surface area contributed by atoms with Crippen molar-refractivity contribution < 1.29 is 0 Å². The Morgan fingerprint density at radius 3 is 3.06 bits per heavy atom. The van der Waals surface area contributed by atoms with Crippen LogP contribution in [0.3, 0.4) is 0 Å². The third-order valence-electron chi connectivity index (χ3n) is 2.79. The summed E-state index contributed by atoms with van der Waals surface area (Å²) < 4.78 is 3.22. The van der Waals surface area contributed by atoms with Crippen molar-refractivity contribution in [3.8, 4) is 0 Å². The van der Waals surface area contributed by atoms with Crippen LogP contribution in [-0.4, -0.2) is 14.5 Å². The van der Waals surface area contributed by atoms with Crippen molar-refractivity contribution in [3.05, 3.63) is 33.9 Å². The van der Waals surface area contributed by atoms with Crippen LogP contribution in [0.1, 0.15) is 13.3 Å². The van der Waals surface area contributed by atoms with Gasteiger partial charge in [0.2, 0.25) is 0 Å². The predicted octanol–water partition coefficient (Wildman–Crippen LogP) is 3.90. The number of halogens is 2. The summed E-state index contributed by atoms with van der Waals surface area (Å²) in [6, 6.07) is 0. The van der Waals surface area contributed by atoms with E-state index in [9.17, 15) is 0 Å². The molecule has 0 aliphatic carbocycles. The Bertz CT molecular complexity index is 550. The second-order valence-corrected chi connectivity index (χ2v) is 5.56. The van der Waals surface area contributed by atoms with Crippen LogP contribution in [0.5, 0.6) is 0 Å². The molecule has 0 saturated heterocycles. The second-order valence-electron chi connectivity index (χ2n) is 4.04. The number of aryl methyl sites for hydroxylation is 1. The van der Waals surface area contributed by atoms with Crippen LogP contribution < -0.4 is 0 Å². The number of hydrogen-bond acceptors (Lipinski definition) is 2. The van der Waals surface area contributed by atoms with E-state index in [1.54, 1.807) is 0 Å². The lowest BCUT2D eigenvalue weighted by Crippen LogP contribution is -2.01. The van der Waals surface area contributed by atoms with Crippen LogP contribution in [0.4, 0.5) is 0 Å². The van der Waals surface area contributed by atoms with Gasteiger partial charge < -0.3 is 4.57 Å². The van der Waals surface area contributed by atoms with E-state index in [0.29, 0.717) is 11.1 Å². The topological polar surface area (TPSA) is 30.7 Å². The molecule has 0 N–H and O–H groups in total. The average Bonchev–Trinajstić information content (AvgIpc) is 2.64. The van der Waals surface area contributed by atoms with E-state index in [4.69, 9.17) is 11.6 Å². The van der Waals surface area contributed by atoms with Gasteiger partial charge >= 0.3 is 0 Å². The maximum atomic E-state index is 6.08. The smallest absolute Gasteiger partial charge is 0.145 e. The molecule has 2 heterocycles. The van der Waals surface area contributed by atoms with Gasteiger partial charge in [0.05, 0.1) is 5.39 Å². The summed E-state index contributed by atoms with van der Waals surface area (Å²) in [6.07, 6.45) is 6.60. The van der Waals surface area contributed by atoms with Crippen LogP contribution in [0.25, 0.3) is 11.0 Å². The standard InChI is InChI=1S/C12H13ClIN3/c1-3-8(2)4-5-17-6-9(14)10-11(13)15-7-16-12(10)17/h3,6-8H,1,4-5H2,2H3/t8-/m0/s1.